The molecule has 4 rings (SSSR count). The highest BCUT2D eigenvalue weighted by Crippen LogP contribution is 2.27. The average Bonchev–Trinajstić information content (AvgIpc) is 3.77. The molecule has 0 bridgehead atoms. The highest BCUT2D eigenvalue weighted by molar-refractivity contribution is 5.74. The molecule has 0 radical (unpaired) electrons. The Morgan fingerprint density at radius 3 is 0.938 bits per heavy atom. The molecule has 48 heavy (non-hydrogen) atoms. The predicted octanol–water partition coefficient (Wildman–Crippen LogP) is 5.72. The number of benzene rings is 1. The van der Waals surface area contributed by atoms with E-state index in [4.69, 9.17) is 29.8 Å². The van der Waals surface area contributed by atoms with Gasteiger partial charge in [0.05, 0.1) is 16.7 Å². The number of hydrogen-bond donors (Lipinski definition) is 3. The van der Waals surface area contributed by atoms with Gasteiger partial charge in [0, 0.05) is 19.3 Å². The first-order valence-corrected chi connectivity index (χ1v) is 18.5. The lowest BCUT2D eigenvalue weighted by molar-refractivity contribution is -0.758. The molecule has 3 heterocycles. The molecule has 0 amide bonds. The van der Waals surface area contributed by atoms with E-state index < -0.39 is 0 Å². The Kier molecular flexibility index (Phi) is 15.2. The summed E-state index contributed by atoms with van der Waals surface area (Å²) in [5, 5.41) is 38.7. The lowest BCUT2D eigenvalue weighted by atomic mass is 9.99. The molecule has 0 saturated carbocycles. The summed E-state index contributed by atoms with van der Waals surface area (Å²) in [6.45, 7) is 8.55. The summed E-state index contributed by atoms with van der Waals surface area (Å²) in [4.78, 5) is 0. The highest BCUT2D eigenvalue weighted by atomic mass is 16.5. The van der Waals surface area contributed by atoms with Crippen molar-refractivity contribution in [1.29, 1.82) is 16.2 Å². The maximum Gasteiger partial charge on any atom is 0.273 e. The molecule has 0 fully saturated rings. The van der Waals surface area contributed by atoms with Crippen LogP contribution in [-0.2, 0) is 19.6 Å². The number of aromatic nitrogens is 6. The summed E-state index contributed by atoms with van der Waals surface area (Å²) >= 11 is 0. The van der Waals surface area contributed by atoms with Crippen LogP contribution in [0, 0.1) is 16.2 Å². The third-order valence-electron chi connectivity index (χ3n) is 9.04. The van der Waals surface area contributed by atoms with Gasteiger partial charge in [0.15, 0.2) is 0 Å². The first kappa shape index (κ1) is 36.9. The summed E-state index contributed by atoms with van der Waals surface area (Å²) in [6.07, 6.45) is 20.6. The first-order valence-electron chi connectivity index (χ1n) is 18.5. The van der Waals surface area contributed by atoms with E-state index in [9.17, 15) is 0 Å². The van der Waals surface area contributed by atoms with Gasteiger partial charge in [-0.15, -0.1) is 0 Å². The zero-order valence-electron chi connectivity index (χ0n) is 29.5. The number of rotatable bonds is 24. The molecule has 0 atom stereocenters. The zero-order chi connectivity index (χ0) is 34.1. The van der Waals surface area contributed by atoms with Gasteiger partial charge in [0.2, 0.25) is 0 Å². The van der Waals surface area contributed by atoms with Crippen LogP contribution in [0.2, 0.25) is 0 Å². The van der Waals surface area contributed by atoms with Crippen molar-refractivity contribution in [3.05, 3.63) is 34.9 Å². The van der Waals surface area contributed by atoms with Gasteiger partial charge in [0.25, 0.3) is 33.7 Å². The van der Waals surface area contributed by atoms with Gasteiger partial charge < -0.3 is 13.6 Å². The van der Waals surface area contributed by atoms with E-state index in [1.807, 2.05) is 18.2 Å². The van der Waals surface area contributed by atoms with Crippen LogP contribution >= 0.6 is 0 Å². The van der Waals surface area contributed by atoms with Crippen molar-refractivity contribution in [3.63, 3.8) is 0 Å². The molecule has 3 aromatic heterocycles. The Morgan fingerprint density at radius 1 is 0.417 bits per heavy atom. The van der Waals surface area contributed by atoms with Crippen LogP contribution in [0.25, 0.3) is 33.8 Å². The van der Waals surface area contributed by atoms with Gasteiger partial charge in [0.1, 0.15) is 19.6 Å². The minimum Gasteiger partial charge on any atom is -0.486 e. The number of nitrogens with one attached hydrogen (secondary N) is 3. The Labute approximate surface area is 284 Å². The molecular weight excluding hydrogens is 606 g/mol. The second kappa shape index (κ2) is 19.8. The average molecular weight is 664 g/mol. The fourth-order valence-corrected chi connectivity index (χ4v) is 6.34. The normalized spacial score (nSPS) is 11.6. The van der Waals surface area contributed by atoms with Gasteiger partial charge in [-0.25, -0.2) is 14.0 Å². The van der Waals surface area contributed by atoms with E-state index in [0.717, 1.165) is 38.5 Å². The summed E-state index contributed by atoms with van der Waals surface area (Å²) in [6, 6.07) is 5.84. The summed E-state index contributed by atoms with van der Waals surface area (Å²) < 4.78 is 21.6. The number of hydrogen-bond acceptors (Lipinski definition) is 6. The molecule has 0 saturated heterocycles. The fraction of sp³-hybridized carbons (Fsp3) is 0.667. The molecule has 0 aliphatic carbocycles. The third-order valence-corrected chi connectivity index (χ3v) is 9.04. The van der Waals surface area contributed by atoms with Crippen LogP contribution in [0.3, 0.4) is 0 Å². The number of nitrogens with zero attached hydrogens (tertiary/aromatic N) is 6. The van der Waals surface area contributed by atoms with Crippen LogP contribution in [0.5, 0.6) is 0 Å². The Bertz CT molecular complexity index is 1480. The topological polar surface area (TPSA) is 165 Å². The lowest BCUT2D eigenvalue weighted by Gasteiger charge is -2.08. The van der Waals surface area contributed by atoms with Crippen LogP contribution in [-0.4, -0.2) is 0 Å². The van der Waals surface area contributed by atoms with Crippen molar-refractivity contribution in [2.45, 2.75) is 156 Å². The fourth-order valence-electron chi connectivity index (χ4n) is 6.34. The van der Waals surface area contributed by atoms with Crippen molar-refractivity contribution < 1.29 is 27.6 Å². The molecular formula is C36H57N9O3. The first-order chi connectivity index (χ1) is 23.5. The molecule has 0 aliphatic rings. The molecule has 264 valence electrons. The monoisotopic (exact) mass is 663 g/mol. The minimum atomic E-state index is -0.0307. The predicted molar refractivity (Wildman–Crippen MR) is 178 cm³/mol. The van der Waals surface area contributed by atoms with Gasteiger partial charge in [-0.3, -0.25) is 32.0 Å². The molecule has 0 spiro atoms. The van der Waals surface area contributed by atoms with Gasteiger partial charge in [-0.05, 0) is 37.5 Å². The van der Waals surface area contributed by atoms with Gasteiger partial charge >= 0.3 is 0 Å². The van der Waals surface area contributed by atoms with Crippen molar-refractivity contribution >= 4 is 0 Å². The number of aryl methyl sites for hydroxylation is 3. The van der Waals surface area contributed by atoms with Crippen molar-refractivity contribution in [3.8, 4) is 33.8 Å². The second-order valence-corrected chi connectivity index (χ2v) is 13.0. The van der Waals surface area contributed by atoms with Crippen LogP contribution in [0.1, 0.15) is 136 Å². The molecule has 0 aliphatic heterocycles. The standard InChI is InChI=1S/C36H57N9O3/c1-4-7-10-13-16-19-22-43-31(34(37)46-40-43)28-25-29(32-35(38)47-41-44(32)23-20-17-14-11-8-5-2)27-30(26-28)33-36(39)48-42-45(33)24-21-18-15-12-9-6-3/h25-27,37-39H,4-24H2,1-3H3. The van der Waals surface area contributed by atoms with E-state index in [1.54, 1.807) is 14.0 Å². The molecule has 0 unspecified atom stereocenters. The summed E-state index contributed by atoms with van der Waals surface area (Å²) in [7, 11) is 0. The summed E-state index contributed by atoms with van der Waals surface area (Å²) in [5.74, 6) is 0. The SMILES string of the molecule is CCCCCCCC[n+]1[n-]oc(=N)c1-c1cc(-c2c(=N)o[n-][n+]2CCCCCCCC)cc(-c2c(=N)o[n-][n+]2CCCCCCCC)c1. The molecule has 12 nitrogen and oxygen atoms in total. The van der Waals surface area contributed by atoms with Crippen molar-refractivity contribution in [2.24, 2.45) is 0 Å². The maximum absolute atomic E-state index is 8.68. The molecule has 12 heteroatoms. The van der Waals surface area contributed by atoms with Crippen LogP contribution < -0.4 is 46.5 Å². The van der Waals surface area contributed by atoms with Crippen LogP contribution in [0.4, 0.5) is 0 Å². The Morgan fingerprint density at radius 2 is 0.667 bits per heavy atom. The molecule has 3 N–H and O–H groups in total. The minimum absolute atomic E-state index is 0.0307. The van der Waals surface area contributed by atoms with E-state index >= 15 is 0 Å². The quantitative estimate of drug-likeness (QED) is 0.0641. The van der Waals surface area contributed by atoms with Crippen molar-refractivity contribution in [1.82, 2.24) is 15.8 Å². The third kappa shape index (κ3) is 10.3. The molecule has 1 aromatic carbocycles. The Balaban J connectivity index is 1.70. The number of unbranched alkanes of at least 4 members (excludes halogenated alkanes) is 15. The molecule has 4 aromatic rings. The van der Waals surface area contributed by atoms with E-state index in [-0.39, 0.29) is 16.7 Å². The smallest absolute Gasteiger partial charge is 0.273 e. The highest BCUT2D eigenvalue weighted by Gasteiger charge is 2.25. The largest absolute Gasteiger partial charge is 0.486 e. The maximum atomic E-state index is 8.68. The lowest BCUT2D eigenvalue weighted by Crippen LogP contribution is -2.42. The van der Waals surface area contributed by atoms with Crippen LogP contribution in [0.15, 0.2) is 31.8 Å². The van der Waals surface area contributed by atoms with E-state index in [1.165, 1.54) is 77.0 Å². The van der Waals surface area contributed by atoms with Crippen molar-refractivity contribution in [2.75, 3.05) is 0 Å². The van der Waals surface area contributed by atoms with E-state index in [2.05, 4.69) is 36.6 Å². The Hall–Kier alpha value is -3.96. The summed E-state index contributed by atoms with van der Waals surface area (Å²) in [5.41, 5.74) is 3.70. The van der Waals surface area contributed by atoms with Gasteiger partial charge in [-0.1, -0.05) is 97.8 Å². The zero-order valence-corrected chi connectivity index (χ0v) is 29.5. The van der Waals surface area contributed by atoms with E-state index in [0.29, 0.717) is 53.4 Å². The van der Waals surface area contributed by atoms with Gasteiger partial charge in [-0.2, -0.15) is 0 Å². The second-order valence-electron chi connectivity index (χ2n) is 13.0.